The molecule has 0 aliphatic carbocycles. The molecule has 2 rings (SSSR count). The minimum absolute atomic E-state index is 0.103. The first kappa shape index (κ1) is 16.2. The summed E-state index contributed by atoms with van der Waals surface area (Å²) in [5, 5.41) is 3.39. The molecule has 1 N–H and O–H groups in total. The Morgan fingerprint density at radius 3 is 2.62 bits per heavy atom. The first-order valence-corrected chi connectivity index (χ1v) is 8.17. The highest BCUT2D eigenvalue weighted by molar-refractivity contribution is 9.10. The molecule has 0 saturated heterocycles. The molecule has 1 atom stereocenters. The number of nitrogens with one attached hydrogen (secondary N) is 1. The van der Waals surface area contributed by atoms with Gasteiger partial charge in [-0.2, -0.15) is 0 Å². The van der Waals surface area contributed by atoms with Crippen LogP contribution in [0.5, 0.6) is 0 Å². The minimum Gasteiger partial charge on any atom is -0.317 e. The summed E-state index contributed by atoms with van der Waals surface area (Å²) in [5.41, 5.74) is 2.08. The number of benzene rings is 2. The maximum Gasteiger partial charge on any atom is 0.126 e. The van der Waals surface area contributed by atoms with Gasteiger partial charge in [-0.3, -0.25) is 0 Å². The predicted octanol–water partition coefficient (Wildman–Crippen LogP) is 4.60. The van der Waals surface area contributed by atoms with Crippen molar-refractivity contribution in [2.75, 3.05) is 13.1 Å². The van der Waals surface area contributed by atoms with Gasteiger partial charge in [0.05, 0.1) is 0 Å². The van der Waals surface area contributed by atoms with Crippen molar-refractivity contribution < 1.29 is 4.39 Å². The second-order valence-electron chi connectivity index (χ2n) is 5.30. The summed E-state index contributed by atoms with van der Waals surface area (Å²) < 4.78 is 14.9. The lowest BCUT2D eigenvalue weighted by atomic mass is 9.92. The van der Waals surface area contributed by atoms with E-state index in [1.54, 1.807) is 12.1 Å². The molecule has 21 heavy (non-hydrogen) atoms. The monoisotopic (exact) mass is 349 g/mol. The fourth-order valence-corrected chi connectivity index (χ4v) is 2.98. The Hall–Kier alpha value is -1.19. The van der Waals surface area contributed by atoms with Crippen LogP contribution in [0.15, 0.2) is 53.0 Å². The van der Waals surface area contributed by atoms with Crippen LogP contribution in [0.3, 0.4) is 0 Å². The van der Waals surface area contributed by atoms with Crippen molar-refractivity contribution in [3.8, 4) is 0 Å². The van der Waals surface area contributed by atoms with E-state index in [1.807, 2.05) is 24.3 Å². The van der Waals surface area contributed by atoms with Crippen molar-refractivity contribution in [1.29, 1.82) is 0 Å². The second-order valence-corrected chi connectivity index (χ2v) is 6.22. The molecule has 0 aliphatic heterocycles. The molecule has 112 valence electrons. The van der Waals surface area contributed by atoms with E-state index >= 15 is 0 Å². The molecule has 0 bridgehead atoms. The molecule has 2 aromatic carbocycles. The van der Waals surface area contributed by atoms with Gasteiger partial charge in [-0.25, -0.2) is 4.39 Å². The Kier molecular flexibility index (Phi) is 6.40. The highest BCUT2D eigenvalue weighted by Crippen LogP contribution is 2.19. The van der Waals surface area contributed by atoms with Gasteiger partial charge in [-0.1, -0.05) is 53.2 Å². The molecule has 2 aromatic rings. The summed E-state index contributed by atoms with van der Waals surface area (Å²) in [5.74, 6) is 0.282. The van der Waals surface area contributed by atoms with Crippen molar-refractivity contribution >= 4 is 15.9 Å². The minimum atomic E-state index is -0.103. The summed E-state index contributed by atoms with van der Waals surface area (Å²) in [7, 11) is 0. The van der Waals surface area contributed by atoms with Crippen LogP contribution in [0.1, 0.15) is 18.1 Å². The maximum atomic E-state index is 13.8. The molecule has 0 fully saturated rings. The van der Waals surface area contributed by atoms with Crippen LogP contribution in [0.25, 0.3) is 0 Å². The lowest BCUT2D eigenvalue weighted by molar-refractivity contribution is 0.467. The Labute approximate surface area is 134 Å². The van der Waals surface area contributed by atoms with E-state index in [4.69, 9.17) is 0 Å². The summed E-state index contributed by atoms with van der Waals surface area (Å²) in [6.07, 6.45) is 1.70. The van der Waals surface area contributed by atoms with Crippen molar-refractivity contribution in [3.05, 3.63) is 69.9 Å². The Balaban J connectivity index is 2.09. The zero-order chi connectivity index (χ0) is 15.1. The lowest BCUT2D eigenvalue weighted by Gasteiger charge is -2.18. The van der Waals surface area contributed by atoms with Crippen molar-refractivity contribution in [2.45, 2.75) is 19.8 Å². The van der Waals surface area contributed by atoms with E-state index in [-0.39, 0.29) is 5.82 Å². The van der Waals surface area contributed by atoms with Crippen LogP contribution in [0.4, 0.5) is 4.39 Å². The van der Waals surface area contributed by atoms with Gasteiger partial charge in [-0.05, 0) is 61.2 Å². The van der Waals surface area contributed by atoms with E-state index in [0.29, 0.717) is 5.92 Å². The normalized spacial score (nSPS) is 12.3. The van der Waals surface area contributed by atoms with E-state index in [2.05, 4.69) is 40.3 Å². The zero-order valence-electron chi connectivity index (χ0n) is 12.3. The highest BCUT2D eigenvalue weighted by Gasteiger charge is 2.13. The third-order valence-electron chi connectivity index (χ3n) is 3.56. The number of hydrogen-bond donors (Lipinski definition) is 1. The van der Waals surface area contributed by atoms with Gasteiger partial charge in [0.2, 0.25) is 0 Å². The summed E-state index contributed by atoms with van der Waals surface area (Å²) in [6.45, 7) is 3.93. The molecular formula is C18H21BrFN. The van der Waals surface area contributed by atoms with Crippen molar-refractivity contribution in [3.63, 3.8) is 0 Å². The molecule has 0 aliphatic rings. The molecule has 1 unspecified atom stereocenters. The van der Waals surface area contributed by atoms with Gasteiger partial charge in [0.1, 0.15) is 5.82 Å². The van der Waals surface area contributed by atoms with Gasteiger partial charge in [0.25, 0.3) is 0 Å². The Morgan fingerprint density at radius 2 is 1.90 bits per heavy atom. The second kappa shape index (κ2) is 8.30. The van der Waals surface area contributed by atoms with Gasteiger partial charge in [0, 0.05) is 4.47 Å². The van der Waals surface area contributed by atoms with Gasteiger partial charge in [-0.15, -0.1) is 0 Å². The molecule has 0 spiro atoms. The smallest absolute Gasteiger partial charge is 0.126 e. The SMILES string of the molecule is CCNCC(Cc1cccc(Br)c1)Cc1ccccc1F. The van der Waals surface area contributed by atoms with E-state index in [9.17, 15) is 4.39 Å². The van der Waals surface area contributed by atoms with Crippen LogP contribution in [-0.2, 0) is 12.8 Å². The average molecular weight is 350 g/mol. The molecule has 0 heterocycles. The van der Waals surface area contributed by atoms with Crippen LogP contribution in [0, 0.1) is 11.7 Å². The highest BCUT2D eigenvalue weighted by atomic mass is 79.9. The molecule has 0 aromatic heterocycles. The van der Waals surface area contributed by atoms with Crippen LogP contribution in [0.2, 0.25) is 0 Å². The zero-order valence-corrected chi connectivity index (χ0v) is 13.9. The summed E-state index contributed by atoms with van der Waals surface area (Å²) in [4.78, 5) is 0. The fraction of sp³-hybridized carbons (Fsp3) is 0.333. The van der Waals surface area contributed by atoms with Crippen molar-refractivity contribution in [2.24, 2.45) is 5.92 Å². The molecule has 1 nitrogen and oxygen atoms in total. The number of hydrogen-bond acceptors (Lipinski definition) is 1. The average Bonchev–Trinajstić information content (AvgIpc) is 2.47. The van der Waals surface area contributed by atoms with E-state index < -0.39 is 0 Å². The summed E-state index contributed by atoms with van der Waals surface area (Å²) >= 11 is 3.51. The van der Waals surface area contributed by atoms with Gasteiger partial charge < -0.3 is 5.32 Å². The molecule has 0 saturated carbocycles. The Bertz CT molecular complexity index is 571. The first-order valence-electron chi connectivity index (χ1n) is 7.37. The summed E-state index contributed by atoms with van der Waals surface area (Å²) in [6, 6.07) is 15.4. The van der Waals surface area contributed by atoms with Crippen molar-refractivity contribution in [1.82, 2.24) is 5.32 Å². The lowest BCUT2D eigenvalue weighted by Crippen LogP contribution is -2.26. The van der Waals surface area contributed by atoms with Crippen LogP contribution < -0.4 is 5.32 Å². The molecular weight excluding hydrogens is 329 g/mol. The third kappa shape index (κ3) is 5.25. The topological polar surface area (TPSA) is 12.0 Å². The molecule has 0 amide bonds. The standard InChI is InChI=1S/C18H21BrFN/c1-2-21-13-15(10-14-6-5-8-17(19)12-14)11-16-7-3-4-9-18(16)20/h3-9,12,15,21H,2,10-11,13H2,1H3. The quantitative estimate of drug-likeness (QED) is 0.770. The first-order chi connectivity index (χ1) is 10.2. The largest absolute Gasteiger partial charge is 0.317 e. The maximum absolute atomic E-state index is 13.8. The van der Waals surface area contributed by atoms with E-state index in [1.165, 1.54) is 5.56 Å². The predicted molar refractivity (Wildman–Crippen MR) is 90.0 cm³/mol. The van der Waals surface area contributed by atoms with Gasteiger partial charge >= 0.3 is 0 Å². The Morgan fingerprint density at radius 1 is 1.10 bits per heavy atom. The van der Waals surface area contributed by atoms with Crippen LogP contribution in [-0.4, -0.2) is 13.1 Å². The van der Waals surface area contributed by atoms with Gasteiger partial charge in [0.15, 0.2) is 0 Å². The third-order valence-corrected chi connectivity index (χ3v) is 4.06. The van der Waals surface area contributed by atoms with E-state index in [0.717, 1.165) is 36.0 Å². The molecule has 0 radical (unpaired) electrons. The number of halogens is 2. The van der Waals surface area contributed by atoms with Crippen LogP contribution >= 0.6 is 15.9 Å². The number of rotatable bonds is 7. The molecule has 3 heteroatoms. The fourth-order valence-electron chi connectivity index (χ4n) is 2.54.